The summed E-state index contributed by atoms with van der Waals surface area (Å²) in [5.74, 6) is 0.777. The average Bonchev–Trinajstić information content (AvgIpc) is 3.08. The third-order valence-corrected chi connectivity index (χ3v) is 5.26. The number of carbonyl (C=O) groups is 1. The fourth-order valence-corrected chi connectivity index (χ4v) is 3.91. The highest BCUT2D eigenvalue weighted by Crippen LogP contribution is 2.39. The van der Waals surface area contributed by atoms with Crippen molar-refractivity contribution in [1.82, 2.24) is 14.9 Å². The van der Waals surface area contributed by atoms with Gasteiger partial charge in [0.25, 0.3) is 0 Å². The zero-order chi connectivity index (χ0) is 17.3. The van der Waals surface area contributed by atoms with Gasteiger partial charge in [-0.2, -0.15) is 0 Å². The first-order chi connectivity index (χ1) is 12.2. The third-order valence-electron chi connectivity index (χ3n) is 5.26. The van der Waals surface area contributed by atoms with E-state index in [4.69, 9.17) is 19.2 Å². The monoisotopic (exact) mass is 348 g/mol. The number of likely N-dealkylation sites (tertiary alicyclic amines) is 1. The Morgan fingerprint density at radius 2 is 2.16 bits per heavy atom. The number of rotatable bonds is 3. The quantitative estimate of drug-likeness (QED) is 0.758. The van der Waals surface area contributed by atoms with Crippen LogP contribution >= 0.6 is 0 Å². The Balaban J connectivity index is 1.61. The molecule has 3 aliphatic rings. The van der Waals surface area contributed by atoms with Crippen molar-refractivity contribution in [2.75, 3.05) is 64.6 Å². The second-order valence-corrected chi connectivity index (χ2v) is 6.91. The number of ether oxygens (including phenoxy) is 3. The summed E-state index contributed by atoms with van der Waals surface area (Å²) in [4.78, 5) is 25.7. The molecule has 1 aromatic rings. The van der Waals surface area contributed by atoms with Gasteiger partial charge in [-0.05, 0) is 6.42 Å². The van der Waals surface area contributed by atoms with Crippen LogP contribution in [0, 0.1) is 0 Å². The number of methoxy groups -OCH3 is 1. The third kappa shape index (κ3) is 3.09. The Hall–Kier alpha value is -1.77. The number of anilines is 1. The molecule has 0 aliphatic carbocycles. The van der Waals surface area contributed by atoms with Gasteiger partial charge in [-0.25, -0.2) is 9.97 Å². The van der Waals surface area contributed by atoms with Crippen molar-refractivity contribution in [3.63, 3.8) is 0 Å². The van der Waals surface area contributed by atoms with Gasteiger partial charge < -0.3 is 24.0 Å². The molecule has 0 N–H and O–H groups in total. The number of hydrogen-bond acceptors (Lipinski definition) is 7. The van der Waals surface area contributed by atoms with Crippen molar-refractivity contribution in [3.8, 4) is 0 Å². The number of nitrogens with zero attached hydrogens (tertiary/aromatic N) is 4. The van der Waals surface area contributed by atoms with Crippen LogP contribution in [0.1, 0.15) is 17.7 Å². The van der Waals surface area contributed by atoms with Gasteiger partial charge in [0.15, 0.2) is 0 Å². The first kappa shape index (κ1) is 16.7. The van der Waals surface area contributed by atoms with E-state index in [2.05, 4.69) is 9.88 Å². The zero-order valence-corrected chi connectivity index (χ0v) is 14.6. The van der Waals surface area contributed by atoms with E-state index in [9.17, 15) is 4.79 Å². The molecule has 1 aromatic heterocycles. The van der Waals surface area contributed by atoms with E-state index in [1.54, 1.807) is 7.11 Å². The van der Waals surface area contributed by atoms with E-state index < -0.39 is 0 Å². The lowest BCUT2D eigenvalue weighted by molar-refractivity contribution is -0.134. The summed E-state index contributed by atoms with van der Waals surface area (Å²) in [6.07, 6.45) is 2.74. The van der Waals surface area contributed by atoms with Crippen molar-refractivity contribution < 1.29 is 19.0 Å². The van der Waals surface area contributed by atoms with Crippen molar-refractivity contribution in [2.45, 2.75) is 18.4 Å². The zero-order valence-electron chi connectivity index (χ0n) is 14.6. The lowest BCUT2D eigenvalue weighted by Gasteiger charge is -2.35. The molecule has 0 saturated carbocycles. The molecule has 2 saturated heterocycles. The maximum Gasteiger partial charge on any atom is 0.248 e. The maximum absolute atomic E-state index is 12.2. The summed E-state index contributed by atoms with van der Waals surface area (Å²) in [5, 5.41) is 0. The van der Waals surface area contributed by atoms with Crippen molar-refractivity contribution in [2.24, 2.45) is 0 Å². The molecule has 0 radical (unpaired) electrons. The maximum atomic E-state index is 12.2. The van der Waals surface area contributed by atoms with Crippen LogP contribution < -0.4 is 4.90 Å². The topological polar surface area (TPSA) is 77.0 Å². The predicted molar refractivity (Wildman–Crippen MR) is 89.5 cm³/mol. The molecule has 4 heterocycles. The van der Waals surface area contributed by atoms with Crippen LogP contribution in [0.25, 0.3) is 0 Å². The summed E-state index contributed by atoms with van der Waals surface area (Å²) in [7, 11) is 1.55. The molecule has 1 amide bonds. The van der Waals surface area contributed by atoms with E-state index in [0.717, 1.165) is 36.7 Å². The fraction of sp³-hybridized carbons (Fsp3) is 0.706. The lowest BCUT2D eigenvalue weighted by atomic mass is 9.80. The van der Waals surface area contributed by atoms with E-state index in [1.807, 2.05) is 11.1 Å². The van der Waals surface area contributed by atoms with Crippen molar-refractivity contribution in [1.29, 1.82) is 0 Å². The smallest absolute Gasteiger partial charge is 0.248 e. The van der Waals surface area contributed by atoms with E-state index in [0.29, 0.717) is 39.5 Å². The molecular weight excluding hydrogens is 324 g/mol. The molecule has 4 rings (SSSR count). The van der Waals surface area contributed by atoms with Crippen LogP contribution in [-0.4, -0.2) is 80.5 Å². The molecule has 0 unspecified atom stereocenters. The normalized spacial score (nSPS) is 26.1. The molecular formula is C17H24N4O4. The van der Waals surface area contributed by atoms with E-state index >= 15 is 0 Å². The Labute approximate surface area is 147 Å². The molecule has 0 bridgehead atoms. The van der Waals surface area contributed by atoms with Gasteiger partial charge in [-0.3, -0.25) is 4.79 Å². The second-order valence-electron chi connectivity index (χ2n) is 6.91. The Morgan fingerprint density at radius 3 is 2.96 bits per heavy atom. The Bertz CT molecular complexity index is 650. The molecule has 2 fully saturated rings. The van der Waals surface area contributed by atoms with Gasteiger partial charge >= 0.3 is 0 Å². The summed E-state index contributed by atoms with van der Waals surface area (Å²) in [6, 6.07) is 0. The van der Waals surface area contributed by atoms with Crippen molar-refractivity contribution >= 4 is 11.9 Å². The van der Waals surface area contributed by atoms with E-state index in [1.165, 1.54) is 0 Å². The highest BCUT2D eigenvalue weighted by atomic mass is 16.5. The second kappa shape index (κ2) is 6.86. The number of carbonyl (C=O) groups excluding carboxylic acids is 1. The minimum Gasteiger partial charge on any atom is -0.378 e. The van der Waals surface area contributed by atoms with Crippen molar-refractivity contribution in [3.05, 3.63) is 17.5 Å². The van der Waals surface area contributed by atoms with Crippen LogP contribution in [0.15, 0.2) is 6.20 Å². The molecule has 0 aromatic carbocycles. The molecule has 25 heavy (non-hydrogen) atoms. The molecule has 8 nitrogen and oxygen atoms in total. The highest BCUT2D eigenvalue weighted by molar-refractivity contribution is 5.78. The van der Waals surface area contributed by atoms with Gasteiger partial charge in [0.2, 0.25) is 11.9 Å². The van der Waals surface area contributed by atoms with Gasteiger partial charge in [0.1, 0.15) is 6.61 Å². The minimum atomic E-state index is -0.235. The van der Waals surface area contributed by atoms with Gasteiger partial charge in [0.05, 0.1) is 37.5 Å². The number of amides is 1. The predicted octanol–water partition coefficient (Wildman–Crippen LogP) is -0.0401. The SMILES string of the molecule is COCC(=O)N1CC[C@]2(COCc3cnc(N4CCOCC4)nc32)C1. The average molecular weight is 348 g/mol. The molecule has 8 heteroatoms. The van der Waals surface area contributed by atoms with Crippen LogP contribution in [0.2, 0.25) is 0 Å². The van der Waals surface area contributed by atoms with Crippen LogP contribution in [-0.2, 0) is 31.0 Å². The number of fused-ring (bicyclic) bond motifs is 2. The molecule has 3 aliphatic heterocycles. The lowest BCUT2D eigenvalue weighted by Crippen LogP contribution is -2.43. The standard InChI is InChI=1S/C17H24N4O4/c1-23-10-14(22)21-3-2-17(11-21)12-25-9-13-8-18-16(19-15(13)17)20-4-6-24-7-5-20/h8H,2-7,9-12H2,1H3/t17-/m1/s1. The van der Waals surface area contributed by atoms with E-state index in [-0.39, 0.29) is 17.9 Å². The summed E-state index contributed by atoms with van der Waals surface area (Å²) in [6.45, 7) is 5.60. The van der Waals surface area contributed by atoms with Crippen LogP contribution in [0.3, 0.4) is 0 Å². The number of aromatic nitrogens is 2. The highest BCUT2D eigenvalue weighted by Gasteiger charge is 2.46. The summed E-state index contributed by atoms with van der Waals surface area (Å²) in [5.41, 5.74) is 1.84. The number of hydrogen-bond donors (Lipinski definition) is 0. The Morgan fingerprint density at radius 1 is 1.32 bits per heavy atom. The fourth-order valence-electron chi connectivity index (χ4n) is 3.91. The molecule has 1 spiro atoms. The van der Waals surface area contributed by atoms with Gasteiger partial charge in [0, 0.05) is 45.0 Å². The minimum absolute atomic E-state index is 0.0222. The number of morpholine rings is 1. The molecule has 1 atom stereocenters. The first-order valence-corrected chi connectivity index (χ1v) is 8.75. The Kier molecular flexibility index (Phi) is 4.58. The largest absolute Gasteiger partial charge is 0.378 e. The first-order valence-electron chi connectivity index (χ1n) is 8.75. The summed E-state index contributed by atoms with van der Waals surface area (Å²) >= 11 is 0. The molecule has 136 valence electrons. The van der Waals surface area contributed by atoms with Crippen LogP contribution in [0.4, 0.5) is 5.95 Å². The van der Waals surface area contributed by atoms with Gasteiger partial charge in [-0.15, -0.1) is 0 Å². The summed E-state index contributed by atoms with van der Waals surface area (Å²) < 4.78 is 16.2. The van der Waals surface area contributed by atoms with Crippen LogP contribution in [0.5, 0.6) is 0 Å². The van der Waals surface area contributed by atoms with Gasteiger partial charge in [-0.1, -0.05) is 0 Å².